The third kappa shape index (κ3) is 3.64. The monoisotopic (exact) mass is 227 g/mol. The summed E-state index contributed by atoms with van der Waals surface area (Å²) in [4.78, 5) is 11.5. The van der Waals surface area contributed by atoms with Gasteiger partial charge in [-0.3, -0.25) is 0 Å². The Bertz CT molecular complexity index is 223. The molecule has 0 bridgehead atoms. The molecule has 0 aromatic carbocycles. The number of ether oxygens (including phenoxy) is 1. The van der Waals surface area contributed by atoms with Crippen molar-refractivity contribution in [2.45, 2.75) is 37.8 Å². The van der Waals surface area contributed by atoms with Crippen molar-refractivity contribution in [2.24, 2.45) is 0 Å². The highest BCUT2D eigenvalue weighted by atomic mass is 16.5. The van der Waals surface area contributed by atoms with Crippen LogP contribution in [0.4, 0.5) is 4.79 Å². The van der Waals surface area contributed by atoms with E-state index in [9.17, 15) is 4.79 Å². The second-order valence-electron chi connectivity index (χ2n) is 4.54. The Balaban J connectivity index is 1.52. The average Bonchev–Trinajstić information content (AvgIpc) is 2.90. The SMILES string of the molecule is O=C(NCCC1CCCN1)NC1CCOC1. The first-order chi connectivity index (χ1) is 7.84. The predicted molar refractivity (Wildman–Crippen MR) is 61.4 cm³/mol. The van der Waals surface area contributed by atoms with Crippen LogP contribution in [0.25, 0.3) is 0 Å². The number of hydrogen-bond donors (Lipinski definition) is 3. The Labute approximate surface area is 96.3 Å². The molecular weight excluding hydrogens is 206 g/mol. The Morgan fingerprint density at radius 3 is 3.06 bits per heavy atom. The molecule has 0 aromatic rings. The van der Waals surface area contributed by atoms with Gasteiger partial charge < -0.3 is 20.7 Å². The van der Waals surface area contributed by atoms with Gasteiger partial charge in [-0.2, -0.15) is 0 Å². The average molecular weight is 227 g/mol. The fourth-order valence-electron chi connectivity index (χ4n) is 2.25. The lowest BCUT2D eigenvalue weighted by Gasteiger charge is -2.13. The number of carbonyl (C=O) groups excluding carboxylic acids is 1. The molecule has 5 nitrogen and oxygen atoms in total. The van der Waals surface area contributed by atoms with Crippen LogP contribution in [0.2, 0.25) is 0 Å². The lowest BCUT2D eigenvalue weighted by atomic mass is 10.1. The van der Waals surface area contributed by atoms with Gasteiger partial charge in [0, 0.05) is 19.2 Å². The predicted octanol–water partition coefficient (Wildman–Crippen LogP) is 0.217. The van der Waals surface area contributed by atoms with Crippen molar-refractivity contribution in [3.8, 4) is 0 Å². The molecule has 2 saturated heterocycles. The molecule has 2 aliphatic heterocycles. The van der Waals surface area contributed by atoms with Gasteiger partial charge in [0.15, 0.2) is 0 Å². The minimum atomic E-state index is -0.0616. The number of nitrogens with one attached hydrogen (secondary N) is 3. The van der Waals surface area contributed by atoms with Crippen LogP contribution in [0.1, 0.15) is 25.7 Å². The van der Waals surface area contributed by atoms with Crippen LogP contribution in [0, 0.1) is 0 Å². The molecule has 2 fully saturated rings. The molecule has 0 aliphatic carbocycles. The number of amides is 2. The van der Waals surface area contributed by atoms with Crippen LogP contribution in [-0.2, 0) is 4.74 Å². The second kappa shape index (κ2) is 6.06. The minimum absolute atomic E-state index is 0.0616. The fourth-order valence-corrected chi connectivity index (χ4v) is 2.25. The van der Waals surface area contributed by atoms with Gasteiger partial charge in [-0.15, -0.1) is 0 Å². The Morgan fingerprint density at radius 1 is 1.44 bits per heavy atom. The summed E-state index contributed by atoms with van der Waals surface area (Å²) in [5, 5.41) is 9.21. The maximum Gasteiger partial charge on any atom is 0.315 e. The summed E-state index contributed by atoms with van der Waals surface area (Å²) in [6, 6.07) is 0.730. The van der Waals surface area contributed by atoms with Crippen molar-refractivity contribution in [3.63, 3.8) is 0 Å². The van der Waals surface area contributed by atoms with Crippen molar-refractivity contribution in [2.75, 3.05) is 26.3 Å². The standard InChI is InChI=1S/C11H21N3O2/c15-11(14-10-4-7-16-8-10)13-6-3-9-2-1-5-12-9/h9-10,12H,1-8H2,(H2,13,14,15). The van der Waals surface area contributed by atoms with Gasteiger partial charge in [-0.1, -0.05) is 0 Å². The third-order valence-electron chi connectivity index (χ3n) is 3.21. The Kier molecular flexibility index (Phi) is 4.42. The Hall–Kier alpha value is -0.810. The molecule has 92 valence electrons. The second-order valence-corrected chi connectivity index (χ2v) is 4.54. The molecule has 2 unspecified atom stereocenters. The van der Waals surface area contributed by atoms with Gasteiger partial charge in [0.1, 0.15) is 0 Å². The maximum absolute atomic E-state index is 11.5. The highest BCUT2D eigenvalue weighted by Crippen LogP contribution is 2.07. The first-order valence-electron chi connectivity index (χ1n) is 6.20. The van der Waals surface area contributed by atoms with Crippen LogP contribution in [0.15, 0.2) is 0 Å². The summed E-state index contributed by atoms with van der Waals surface area (Å²) in [5.74, 6) is 0. The molecule has 0 saturated carbocycles. The lowest BCUT2D eigenvalue weighted by Crippen LogP contribution is -2.43. The van der Waals surface area contributed by atoms with E-state index in [0.717, 1.165) is 32.5 Å². The smallest absolute Gasteiger partial charge is 0.315 e. The molecule has 2 atom stereocenters. The summed E-state index contributed by atoms with van der Waals surface area (Å²) in [6.07, 6.45) is 4.45. The van der Waals surface area contributed by atoms with Gasteiger partial charge in [-0.05, 0) is 32.2 Å². The van der Waals surface area contributed by atoms with Crippen LogP contribution in [0.5, 0.6) is 0 Å². The Morgan fingerprint density at radius 2 is 2.38 bits per heavy atom. The van der Waals surface area contributed by atoms with Crippen molar-refractivity contribution < 1.29 is 9.53 Å². The van der Waals surface area contributed by atoms with E-state index in [2.05, 4.69) is 16.0 Å². The van der Waals surface area contributed by atoms with Gasteiger partial charge in [0.2, 0.25) is 0 Å². The van der Waals surface area contributed by atoms with Crippen LogP contribution < -0.4 is 16.0 Å². The quantitative estimate of drug-likeness (QED) is 0.643. The number of rotatable bonds is 4. The van der Waals surface area contributed by atoms with Gasteiger partial charge in [0.25, 0.3) is 0 Å². The molecular formula is C11H21N3O2. The summed E-state index contributed by atoms with van der Waals surface area (Å²) >= 11 is 0. The molecule has 2 aliphatic rings. The fraction of sp³-hybridized carbons (Fsp3) is 0.909. The van der Waals surface area contributed by atoms with Crippen molar-refractivity contribution in [1.82, 2.24) is 16.0 Å². The van der Waals surface area contributed by atoms with Crippen molar-refractivity contribution in [3.05, 3.63) is 0 Å². The van der Waals surface area contributed by atoms with E-state index < -0.39 is 0 Å². The topological polar surface area (TPSA) is 62.4 Å². The summed E-state index contributed by atoms with van der Waals surface area (Å²) in [6.45, 7) is 3.28. The molecule has 0 aromatic heterocycles. The number of urea groups is 1. The van der Waals surface area contributed by atoms with Gasteiger partial charge >= 0.3 is 6.03 Å². The van der Waals surface area contributed by atoms with E-state index in [1.807, 2.05) is 0 Å². The molecule has 5 heteroatoms. The van der Waals surface area contributed by atoms with E-state index in [1.165, 1.54) is 12.8 Å². The summed E-state index contributed by atoms with van der Waals surface area (Å²) in [7, 11) is 0. The molecule has 0 radical (unpaired) electrons. The van der Waals surface area contributed by atoms with Crippen LogP contribution >= 0.6 is 0 Å². The van der Waals surface area contributed by atoms with E-state index >= 15 is 0 Å². The van der Waals surface area contributed by atoms with Gasteiger partial charge in [0.05, 0.1) is 12.6 Å². The normalized spacial score (nSPS) is 29.2. The van der Waals surface area contributed by atoms with Gasteiger partial charge in [-0.25, -0.2) is 4.79 Å². The zero-order valence-electron chi connectivity index (χ0n) is 9.63. The molecule has 16 heavy (non-hydrogen) atoms. The molecule has 3 N–H and O–H groups in total. The number of hydrogen-bond acceptors (Lipinski definition) is 3. The van der Waals surface area contributed by atoms with E-state index in [0.29, 0.717) is 12.6 Å². The van der Waals surface area contributed by atoms with E-state index in [-0.39, 0.29) is 12.1 Å². The van der Waals surface area contributed by atoms with E-state index in [1.54, 1.807) is 0 Å². The zero-order chi connectivity index (χ0) is 11.2. The molecule has 2 rings (SSSR count). The molecule has 2 heterocycles. The highest BCUT2D eigenvalue weighted by molar-refractivity contribution is 5.74. The first-order valence-corrected chi connectivity index (χ1v) is 6.20. The molecule has 0 spiro atoms. The third-order valence-corrected chi connectivity index (χ3v) is 3.21. The highest BCUT2D eigenvalue weighted by Gasteiger charge is 2.18. The maximum atomic E-state index is 11.5. The minimum Gasteiger partial charge on any atom is -0.379 e. The van der Waals surface area contributed by atoms with Crippen LogP contribution in [-0.4, -0.2) is 44.4 Å². The first kappa shape index (κ1) is 11.7. The zero-order valence-corrected chi connectivity index (χ0v) is 9.63. The summed E-state index contributed by atoms with van der Waals surface area (Å²) in [5.41, 5.74) is 0. The van der Waals surface area contributed by atoms with Crippen molar-refractivity contribution in [1.29, 1.82) is 0 Å². The number of carbonyl (C=O) groups is 1. The summed E-state index contributed by atoms with van der Waals surface area (Å²) < 4.78 is 5.19. The lowest BCUT2D eigenvalue weighted by molar-refractivity contribution is 0.188. The van der Waals surface area contributed by atoms with Crippen LogP contribution in [0.3, 0.4) is 0 Å². The van der Waals surface area contributed by atoms with E-state index in [4.69, 9.17) is 4.74 Å². The largest absolute Gasteiger partial charge is 0.379 e. The molecule has 2 amide bonds. The van der Waals surface area contributed by atoms with Crippen molar-refractivity contribution >= 4 is 6.03 Å².